The summed E-state index contributed by atoms with van der Waals surface area (Å²) in [6, 6.07) is 14.5. The zero-order valence-electron chi connectivity index (χ0n) is 16.3. The van der Waals surface area contributed by atoms with Crippen molar-refractivity contribution in [2.75, 3.05) is 0 Å². The van der Waals surface area contributed by atoms with E-state index < -0.39 is 0 Å². The van der Waals surface area contributed by atoms with Crippen LogP contribution in [0.5, 0.6) is 5.75 Å². The third-order valence-corrected chi connectivity index (χ3v) is 7.96. The molecule has 0 aliphatic heterocycles. The predicted octanol–water partition coefficient (Wildman–Crippen LogP) is 6.39. The topological polar surface area (TPSA) is 38.0 Å². The minimum absolute atomic E-state index is 0. The van der Waals surface area contributed by atoms with Gasteiger partial charge in [-0.2, -0.15) is 0 Å². The summed E-state index contributed by atoms with van der Waals surface area (Å²) in [5, 5.41) is 9.89. The second kappa shape index (κ2) is 6.48. The van der Waals surface area contributed by atoms with Crippen LogP contribution in [-0.2, 0) is 6.42 Å². The Morgan fingerprint density at radius 1 is 1.14 bits per heavy atom. The Morgan fingerprint density at radius 3 is 2.90 bits per heavy atom. The summed E-state index contributed by atoms with van der Waals surface area (Å²) in [6.07, 6.45) is 10.5. The van der Waals surface area contributed by atoms with E-state index in [1.807, 2.05) is 18.5 Å². The highest BCUT2D eigenvalue weighted by atomic mass is 16.3. The fraction of sp³-hybridized carbons (Fsp3) is 0.423. The minimum Gasteiger partial charge on any atom is -0.508 e. The molecular formula is C26H30N2O. The molecule has 3 aromatic rings. The lowest BCUT2D eigenvalue weighted by atomic mass is 9.55. The molecule has 1 heterocycles. The monoisotopic (exact) mass is 386 g/mol. The van der Waals surface area contributed by atoms with Gasteiger partial charge in [0.15, 0.2) is 0 Å². The molecule has 150 valence electrons. The van der Waals surface area contributed by atoms with Crippen molar-refractivity contribution in [1.82, 2.24) is 9.55 Å². The standard InChI is InChI=1S/C25H26N2O.CH4/c1-25-13-12-19-18-9-7-17(28)14-16(18)6-8-20(19)21(25)10-11-24(25)27-15-26-22-4-2-3-5-23(22)27;/h2-5,7,9,11,14-15,19-21,28H,6,8,10,12-13H2,1H3;1H4/t19?,20?,21?,25-;/m0./s1. The normalized spacial score (nSPS) is 30.1. The number of phenolic OH excluding ortho intramolecular Hbond substituents is 1. The van der Waals surface area contributed by atoms with Gasteiger partial charge < -0.3 is 9.67 Å². The Labute approximate surface area is 173 Å². The summed E-state index contributed by atoms with van der Waals surface area (Å²) in [5.74, 6) is 2.49. The van der Waals surface area contributed by atoms with Gasteiger partial charge in [0.05, 0.1) is 11.0 Å². The summed E-state index contributed by atoms with van der Waals surface area (Å²) < 4.78 is 2.35. The number of hydrogen-bond acceptors (Lipinski definition) is 2. The van der Waals surface area contributed by atoms with Crippen molar-refractivity contribution in [2.24, 2.45) is 17.3 Å². The number of aromatic hydroxyl groups is 1. The Morgan fingerprint density at radius 2 is 2.00 bits per heavy atom. The summed E-state index contributed by atoms with van der Waals surface area (Å²) in [6.45, 7) is 2.49. The van der Waals surface area contributed by atoms with E-state index in [9.17, 15) is 5.11 Å². The lowest BCUT2D eigenvalue weighted by Gasteiger charge is -2.50. The number of aryl methyl sites for hydroxylation is 1. The SMILES string of the molecule is C.C[C@]12CCC3c4ccc(O)cc4CCC3C1CC=C2n1cnc2ccccc21. The van der Waals surface area contributed by atoms with Crippen LogP contribution in [0.4, 0.5) is 0 Å². The molecule has 0 radical (unpaired) electrons. The van der Waals surface area contributed by atoms with Gasteiger partial charge in [-0.3, -0.25) is 0 Å². The van der Waals surface area contributed by atoms with Gasteiger partial charge in [-0.25, -0.2) is 4.98 Å². The van der Waals surface area contributed by atoms with Crippen LogP contribution in [0.25, 0.3) is 16.7 Å². The molecule has 3 aliphatic rings. The van der Waals surface area contributed by atoms with E-state index in [2.05, 4.69) is 52.9 Å². The molecule has 3 unspecified atom stereocenters. The summed E-state index contributed by atoms with van der Waals surface area (Å²) in [5.41, 5.74) is 6.85. The molecular weight excluding hydrogens is 356 g/mol. The van der Waals surface area contributed by atoms with Gasteiger partial charge in [-0.05, 0) is 85.3 Å². The Kier molecular flexibility index (Phi) is 4.13. The molecule has 3 aliphatic carbocycles. The highest BCUT2D eigenvalue weighted by Crippen LogP contribution is 2.62. The number of allylic oxidation sites excluding steroid dienone is 2. The zero-order valence-corrected chi connectivity index (χ0v) is 16.3. The van der Waals surface area contributed by atoms with Gasteiger partial charge in [-0.15, -0.1) is 0 Å². The number of aromatic nitrogens is 2. The molecule has 1 N–H and O–H groups in total. The average Bonchev–Trinajstić information content (AvgIpc) is 3.28. The predicted molar refractivity (Wildman–Crippen MR) is 119 cm³/mol. The van der Waals surface area contributed by atoms with Crippen molar-refractivity contribution in [1.29, 1.82) is 0 Å². The number of fused-ring (bicyclic) bond motifs is 6. The van der Waals surface area contributed by atoms with Crippen molar-refractivity contribution < 1.29 is 5.11 Å². The molecule has 0 spiro atoms. The smallest absolute Gasteiger partial charge is 0.115 e. The maximum absolute atomic E-state index is 9.89. The number of hydrogen-bond donors (Lipinski definition) is 1. The van der Waals surface area contributed by atoms with Crippen molar-refractivity contribution in [3.63, 3.8) is 0 Å². The van der Waals surface area contributed by atoms with Gasteiger partial charge in [0, 0.05) is 11.1 Å². The number of nitrogens with zero attached hydrogens (tertiary/aromatic N) is 2. The van der Waals surface area contributed by atoms with E-state index in [0.717, 1.165) is 17.9 Å². The summed E-state index contributed by atoms with van der Waals surface area (Å²) >= 11 is 0. The van der Waals surface area contributed by atoms with Crippen molar-refractivity contribution >= 4 is 16.7 Å². The largest absolute Gasteiger partial charge is 0.508 e. The van der Waals surface area contributed by atoms with Gasteiger partial charge in [-0.1, -0.05) is 38.6 Å². The molecule has 2 aromatic carbocycles. The van der Waals surface area contributed by atoms with Gasteiger partial charge in [0.25, 0.3) is 0 Å². The van der Waals surface area contributed by atoms with E-state index in [4.69, 9.17) is 0 Å². The highest BCUT2D eigenvalue weighted by molar-refractivity contribution is 5.80. The van der Waals surface area contributed by atoms with Crippen LogP contribution in [0.3, 0.4) is 0 Å². The van der Waals surface area contributed by atoms with Crippen molar-refractivity contribution in [3.05, 3.63) is 66.0 Å². The Balaban J connectivity index is 0.00000181. The van der Waals surface area contributed by atoms with E-state index in [1.165, 1.54) is 48.0 Å². The zero-order chi connectivity index (χ0) is 18.9. The minimum atomic E-state index is 0. The van der Waals surface area contributed by atoms with Crippen LogP contribution >= 0.6 is 0 Å². The van der Waals surface area contributed by atoms with Crippen LogP contribution < -0.4 is 0 Å². The first-order valence-corrected chi connectivity index (χ1v) is 10.6. The molecule has 0 bridgehead atoms. The van der Waals surface area contributed by atoms with E-state index in [1.54, 1.807) is 0 Å². The fourth-order valence-corrected chi connectivity index (χ4v) is 6.64. The second-order valence-electron chi connectivity index (χ2n) is 9.18. The van der Waals surface area contributed by atoms with Crippen molar-refractivity contribution in [3.8, 4) is 5.75 Å². The number of benzene rings is 2. The second-order valence-corrected chi connectivity index (χ2v) is 9.18. The number of rotatable bonds is 1. The van der Waals surface area contributed by atoms with E-state index in [0.29, 0.717) is 17.6 Å². The first-order valence-electron chi connectivity index (χ1n) is 10.6. The highest BCUT2D eigenvalue weighted by Gasteiger charge is 2.52. The van der Waals surface area contributed by atoms with Crippen molar-refractivity contribution in [2.45, 2.75) is 52.4 Å². The molecule has 1 aromatic heterocycles. The first-order chi connectivity index (χ1) is 13.6. The van der Waals surface area contributed by atoms with Crippen LogP contribution in [0.1, 0.15) is 57.1 Å². The van der Waals surface area contributed by atoms with Crippen LogP contribution in [0.15, 0.2) is 54.9 Å². The quantitative estimate of drug-likeness (QED) is 0.526. The van der Waals surface area contributed by atoms with E-state index in [-0.39, 0.29) is 12.8 Å². The molecule has 6 rings (SSSR count). The summed E-state index contributed by atoms with van der Waals surface area (Å²) in [7, 11) is 0. The number of para-hydroxylation sites is 2. The molecule has 3 heteroatoms. The third-order valence-electron chi connectivity index (χ3n) is 7.96. The number of phenols is 1. The van der Waals surface area contributed by atoms with E-state index >= 15 is 0 Å². The molecule has 1 fully saturated rings. The Hall–Kier alpha value is -2.55. The molecule has 4 atom stereocenters. The van der Waals surface area contributed by atoms with Gasteiger partial charge in [0.1, 0.15) is 12.1 Å². The lowest BCUT2D eigenvalue weighted by Crippen LogP contribution is -2.41. The lowest BCUT2D eigenvalue weighted by molar-refractivity contribution is 0.0856. The first kappa shape index (κ1) is 18.5. The van der Waals surface area contributed by atoms with Gasteiger partial charge in [0.2, 0.25) is 0 Å². The maximum Gasteiger partial charge on any atom is 0.115 e. The fourth-order valence-electron chi connectivity index (χ4n) is 6.64. The number of imidazole rings is 1. The Bertz CT molecular complexity index is 1110. The molecule has 1 saturated carbocycles. The maximum atomic E-state index is 9.89. The summed E-state index contributed by atoms with van der Waals surface area (Å²) in [4.78, 5) is 4.65. The van der Waals surface area contributed by atoms with Crippen LogP contribution in [0, 0.1) is 17.3 Å². The average molecular weight is 387 g/mol. The molecule has 29 heavy (non-hydrogen) atoms. The van der Waals surface area contributed by atoms with Crippen LogP contribution in [0.2, 0.25) is 0 Å². The molecule has 3 nitrogen and oxygen atoms in total. The third kappa shape index (κ3) is 2.52. The van der Waals surface area contributed by atoms with Gasteiger partial charge >= 0.3 is 0 Å². The van der Waals surface area contributed by atoms with Crippen LogP contribution in [-0.4, -0.2) is 14.7 Å². The molecule has 0 saturated heterocycles. The molecule has 0 amide bonds.